The second kappa shape index (κ2) is 8.60. The first-order valence-corrected chi connectivity index (χ1v) is 9.37. The van der Waals surface area contributed by atoms with Gasteiger partial charge in [0.15, 0.2) is 11.6 Å². The van der Waals surface area contributed by atoms with Crippen molar-refractivity contribution in [1.82, 2.24) is 4.90 Å². The summed E-state index contributed by atoms with van der Waals surface area (Å²) in [6.45, 7) is 0.122. The lowest BCUT2D eigenvalue weighted by molar-refractivity contribution is -0.145. The average Bonchev–Trinajstić information content (AvgIpc) is 3.13. The number of ether oxygens (including phenoxy) is 3. The van der Waals surface area contributed by atoms with Crippen LogP contribution in [-0.4, -0.2) is 49.7 Å². The Hall–Kier alpha value is -2.61. The third-order valence-corrected chi connectivity index (χ3v) is 5.22. The second-order valence-corrected chi connectivity index (χ2v) is 7.10. The summed E-state index contributed by atoms with van der Waals surface area (Å²) in [5, 5.41) is 0. The van der Waals surface area contributed by atoms with Crippen LogP contribution >= 0.6 is 15.9 Å². The normalized spacial score (nSPS) is 18.6. The molecule has 0 N–H and O–H groups in total. The van der Waals surface area contributed by atoms with E-state index in [1.165, 1.54) is 31.3 Å². The molecule has 8 heteroatoms. The van der Waals surface area contributed by atoms with Gasteiger partial charge in [0.1, 0.15) is 17.9 Å². The van der Waals surface area contributed by atoms with Gasteiger partial charge in [0, 0.05) is 10.9 Å². The van der Waals surface area contributed by atoms with Gasteiger partial charge in [-0.05, 0) is 46.3 Å². The number of methoxy groups -OCH3 is 2. The van der Waals surface area contributed by atoms with Crippen LogP contribution in [0.2, 0.25) is 0 Å². The number of carbonyl (C=O) groups is 2. The third-order valence-electron chi connectivity index (χ3n) is 4.53. The zero-order valence-electron chi connectivity index (χ0n) is 15.4. The number of benzene rings is 2. The fourth-order valence-electron chi connectivity index (χ4n) is 3.14. The number of rotatable bonds is 5. The fourth-order valence-corrected chi connectivity index (χ4v) is 3.55. The molecule has 2 atom stereocenters. The standard InChI is InChI=1S/C20H19BrFNO5/c1-26-12-7-8-15(21)14(9-12)19(24)23-11-13(10-17(23)20(25)27-2)28-18-6-4-3-5-16(18)22/h3-9,13,17H,10-11H2,1-2H3. The molecule has 1 amide bonds. The number of nitrogens with zero attached hydrogens (tertiary/aromatic N) is 1. The Morgan fingerprint density at radius 2 is 1.93 bits per heavy atom. The van der Waals surface area contributed by atoms with Gasteiger partial charge in [-0.3, -0.25) is 4.79 Å². The lowest BCUT2D eigenvalue weighted by Crippen LogP contribution is -2.41. The number of carbonyl (C=O) groups excluding carboxylic acids is 2. The average molecular weight is 452 g/mol. The van der Waals surface area contributed by atoms with Crippen molar-refractivity contribution in [2.45, 2.75) is 18.6 Å². The van der Waals surface area contributed by atoms with Gasteiger partial charge in [0.2, 0.25) is 0 Å². The first kappa shape index (κ1) is 20.1. The van der Waals surface area contributed by atoms with Crippen LogP contribution in [0.3, 0.4) is 0 Å². The number of amides is 1. The second-order valence-electron chi connectivity index (χ2n) is 6.25. The zero-order valence-corrected chi connectivity index (χ0v) is 16.9. The maximum absolute atomic E-state index is 13.9. The van der Waals surface area contributed by atoms with E-state index in [4.69, 9.17) is 14.2 Å². The predicted molar refractivity (Wildman–Crippen MR) is 103 cm³/mol. The van der Waals surface area contributed by atoms with E-state index in [9.17, 15) is 14.0 Å². The molecule has 1 fully saturated rings. The maximum atomic E-state index is 13.9. The van der Waals surface area contributed by atoms with E-state index < -0.39 is 23.9 Å². The maximum Gasteiger partial charge on any atom is 0.328 e. The molecule has 28 heavy (non-hydrogen) atoms. The summed E-state index contributed by atoms with van der Waals surface area (Å²) >= 11 is 3.36. The number of hydrogen-bond donors (Lipinski definition) is 0. The van der Waals surface area contributed by atoms with Gasteiger partial charge in [0.25, 0.3) is 5.91 Å². The van der Waals surface area contributed by atoms with E-state index in [-0.39, 0.29) is 24.6 Å². The lowest BCUT2D eigenvalue weighted by atomic mass is 10.1. The molecule has 1 heterocycles. The number of esters is 1. The van der Waals surface area contributed by atoms with E-state index in [0.717, 1.165) is 0 Å². The van der Waals surface area contributed by atoms with Crippen LogP contribution in [0, 0.1) is 5.82 Å². The van der Waals surface area contributed by atoms with Crippen molar-refractivity contribution in [2.24, 2.45) is 0 Å². The highest BCUT2D eigenvalue weighted by atomic mass is 79.9. The molecule has 2 aromatic carbocycles. The van der Waals surface area contributed by atoms with Crippen molar-refractivity contribution in [1.29, 1.82) is 0 Å². The minimum Gasteiger partial charge on any atom is -0.497 e. The van der Waals surface area contributed by atoms with Gasteiger partial charge in [-0.25, -0.2) is 9.18 Å². The van der Waals surface area contributed by atoms with Crippen molar-refractivity contribution in [3.63, 3.8) is 0 Å². The SMILES string of the molecule is COC(=O)C1CC(Oc2ccccc2F)CN1C(=O)c1cc(OC)ccc1Br. The Morgan fingerprint density at radius 3 is 2.61 bits per heavy atom. The molecule has 3 rings (SSSR count). The third kappa shape index (κ3) is 4.11. The summed E-state index contributed by atoms with van der Waals surface area (Å²) in [4.78, 5) is 26.8. The molecule has 1 aliphatic heterocycles. The van der Waals surface area contributed by atoms with Gasteiger partial charge in [-0.1, -0.05) is 12.1 Å². The fraction of sp³-hybridized carbons (Fsp3) is 0.300. The Balaban J connectivity index is 1.86. The molecular weight excluding hydrogens is 433 g/mol. The number of likely N-dealkylation sites (tertiary alicyclic amines) is 1. The first-order chi connectivity index (χ1) is 13.4. The van der Waals surface area contributed by atoms with Gasteiger partial charge in [-0.2, -0.15) is 0 Å². The molecule has 0 spiro atoms. The number of para-hydroxylation sites is 1. The monoisotopic (exact) mass is 451 g/mol. The van der Waals surface area contributed by atoms with Gasteiger partial charge in [-0.15, -0.1) is 0 Å². The minimum absolute atomic E-state index is 0.0768. The van der Waals surface area contributed by atoms with Crippen LogP contribution in [0.15, 0.2) is 46.9 Å². The van der Waals surface area contributed by atoms with E-state index in [1.54, 1.807) is 30.3 Å². The van der Waals surface area contributed by atoms with E-state index in [1.807, 2.05) is 0 Å². The molecule has 0 radical (unpaired) electrons. The molecule has 1 saturated heterocycles. The van der Waals surface area contributed by atoms with Crippen LogP contribution < -0.4 is 9.47 Å². The first-order valence-electron chi connectivity index (χ1n) is 8.58. The minimum atomic E-state index is -0.827. The smallest absolute Gasteiger partial charge is 0.328 e. The van der Waals surface area contributed by atoms with Crippen LogP contribution in [0.5, 0.6) is 11.5 Å². The molecule has 6 nitrogen and oxygen atoms in total. The Bertz CT molecular complexity index is 891. The van der Waals surface area contributed by atoms with Crippen LogP contribution in [0.1, 0.15) is 16.8 Å². The molecule has 0 bridgehead atoms. The van der Waals surface area contributed by atoms with Gasteiger partial charge in [0.05, 0.1) is 26.3 Å². The van der Waals surface area contributed by atoms with Crippen molar-refractivity contribution < 1.29 is 28.2 Å². The number of halogens is 2. The quantitative estimate of drug-likeness (QED) is 0.651. The van der Waals surface area contributed by atoms with Gasteiger partial charge >= 0.3 is 5.97 Å². The molecule has 0 aliphatic carbocycles. The van der Waals surface area contributed by atoms with Crippen molar-refractivity contribution >= 4 is 27.8 Å². The summed E-state index contributed by atoms with van der Waals surface area (Å²) in [7, 11) is 2.76. The summed E-state index contributed by atoms with van der Waals surface area (Å²) in [6, 6.07) is 10.2. The highest BCUT2D eigenvalue weighted by molar-refractivity contribution is 9.10. The van der Waals surface area contributed by atoms with Crippen molar-refractivity contribution in [2.75, 3.05) is 20.8 Å². The Morgan fingerprint density at radius 1 is 1.18 bits per heavy atom. The summed E-state index contributed by atoms with van der Waals surface area (Å²) < 4.78 is 30.2. The lowest BCUT2D eigenvalue weighted by Gasteiger charge is -2.23. The largest absolute Gasteiger partial charge is 0.497 e. The van der Waals surface area contributed by atoms with Crippen molar-refractivity contribution in [3.05, 3.63) is 58.3 Å². The predicted octanol–water partition coefficient (Wildman–Crippen LogP) is 3.43. The van der Waals surface area contributed by atoms with E-state index >= 15 is 0 Å². The molecule has 1 aliphatic rings. The molecule has 148 valence electrons. The van der Waals surface area contributed by atoms with Crippen LogP contribution in [0.25, 0.3) is 0 Å². The highest BCUT2D eigenvalue weighted by Crippen LogP contribution is 2.30. The summed E-state index contributed by atoms with van der Waals surface area (Å²) in [6.07, 6.45) is -0.344. The van der Waals surface area contributed by atoms with Crippen molar-refractivity contribution in [3.8, 4) is 11.5 Å². The van der Waals surface area contributed by atoms with Gasteiger partial charge < -0.3 is 19.1 Å². The summed E-state index contributed by atoms with van der Waals surface area (Å²) in [5.74, 6) is -0.835. The van der Waals surface area contributed by atoms with Crippen LogP contribution in [0.4, 0.5) is 4.39 Å². The highest BCUT2D eigenvalue weighted by Gasteiger charge is 2.42. The molecule has 2 unspecified atom stereocenters. The van der Waals surface area contributed by atoms with Crippen LogP contribution in [-0.2, 0) is 9.53 Å². The topological polar surface area (TPSA) is 65.1 Å². The molecule has 0 saturated carbocycles. The zero-order chi connectivity index (χ0) is 20.3. The van der Waals surface area contributed by atoms with E-state index in [0.29, 0.717) is 15.8 Å². The molecule has 2 aromatic rings. The Labute approximate surface area is 170 Å². The molecule has 0 aromatic heterocycles. The van der Waals surface area contributed by atoms with E-state index in [2.05, 4.69) is 15.9 Å². The Kier molecular flexibility index (Phi) is 6.18. The number of hydrogen-bond acceptors (Lipinski definition) is 5. The summed E-state index contributed by atoms with van der Waals surface area (Å²) in [5.41, 5.74) is 0.347. The molecular formula is C20H19BrFNO5.